The molecule has 0 aliphatic carbocycles. The first-order valence-electron chi connectivity index (χ1n) is 5.00. The van der Waals surface area contributed by atoms with Crippen LogP contribution in [0.3, 0.4) is 0 Å². The third-order valence-electron chi connectivity index (χ3n) is 2.05. The Morgan fingerprint density at radius 2 is 2.57 bits per heavy atom. The van der Waals surface area contributed by atoms with Gasteiger partial charge in [-0.15, -0.1) is 0 Å². The molecule has 0 fully saturated rings. The molecule has 0 aromatic carbocycles. The van der Waals surface area contributed by atoms with Crippen LogP contribution < -0.4 is 16.4 Å². The fraction of sp³-hybridized carbons (Fsp3) is 0.778. The highest BCUT2D eigenvalue weighted by Crippen LogP contribution is 2.18. The Morgan fingerprint density at radius 1 is 1.79 bits per heavy atom. The van der Waals surface area contributed by atoms with Gasteiger partial charge in [0, 0.05) is 12.2 Å². The number of hydrogen-bond donors (Lipinski definition) is 4. The molecule has 0 saturated heterocycles. The second-order valence-electron chi connectivity index (χ2n) is 3.35. The number of aliphatic hydroxyl groups is 1. The lowest BCUT2D eigenvalue weighted by Crippen LogP contribution is -2.37. The van der Waals surface area contributed by atoms with Crippen molar-refractivity contribution in [1.82, 2.24) is 10.6 Å². The summed E-state index contributed by atoms with van der Waals surface area (Å²) in [5.74, 6) is 0. The first-order chi connectivity index (χ1) is 6.74. The van der Waals surface area contributed by atoms with Crippen molar-refractivity contribution in [2.45, 2.75) is 31.4 Å². The van der Waals surface area contributed by atoms with Crippen molar-refractivity contribution in [2.24, 2.45) is 5.73 Å². The molecular formula is C9H19N3OS. The number of nitrogens with one attached hydrogen (secondary N) is 2. The molecule has 1 heterocycles. The zero-order chi connectivity index (χ0) is 10.4. The molecule has 1 rings (SSSR count). The van der Waals surface area contributed by atoms with Crippen LogP contribution in [0.4, 0.5) is 0 Å². The van der Waals surface area contributed by atoms with Crippen LogP contribution in [0, 0.1) is 0 Å². The summed E-state index contributed by atoms with van der Waals surface area (Å²) in [5.41, 5.74) is 6.33. The first-order valence-corrected chi connectivity index (χ1v) is 5.94. The van der Waals surface area contributed by atoms with E-state index in [2.05, 4.69) is 17.6 Å². The van der Waals surface area contributed by atoms with E-state index in [0.717, 1.165) is 18.7 Å². The maximum atomic E-state index is 9.70. The van der Waals surface area contributed by atoms with Crippen molar-refractivity contribution in [1.29, 1.82) is 0 Å². The largest absolute Gasteiger partial charge is 0.386 e. The van der Waals surface area contributed by atoms with Crippen molar-refractivity contribution < 1.29 is 5.11 Å². The monoisotopic (exact) mass is 217 g/mol. The van der Waals surface area contributed by atoms with Crippen molar-refractivity contribution in [3.8, 4) is 0 Å². The Hall–Kier alpha value is -0.230. The van der Waals surface area contributed by atoms with E-state index < -0.39 is 6.10 Å². The summed E-state index contributed by atoms with van der Waals surface area (Å²) in [4.78, 5) is 0. The van der Waals surface area contributed by atoms with Crippen LogP contribution in [0.2, 0.25) is 0 Å². The van der Waals surface area contributed by atoms with Gasteiger partial charge in [-0.3, -0.25) is 0 Å². The zero-order valence-electron chi connectivity index (χ0n) is 8.49. The van der Waals surface area contributed by atoms with Gasteiger partial charge in [0.25, 0.3) is 0 Å². The molecule has 0 saturated carbocycles. The summed E-state index contributed by atoms with van der Waals surface area (Å²) in [6.45, 7) is 3.70. The van der Waals surface area contributed by atoms with Crippen molar-refractivity contribution in [2.75, 3.05) is 13.1 Å². The highest BCUT2D eigenvalue weighted by atomic mass is 32.2. The second-order valence-corrected chi connectivity index (χ2v) is 4.36. The van der Waals surface area contributed by atoms with E-state index in [4.69, 9.17) is 5.73 Å². The third kappa shape index (κ3) is 3.88. The molecule has 2 atom stereocenters. The van der Waals surface area contributed by atoms with Crippen molar-refractivity contribution in [3.05, 3.63) is 11.1 Å². The van der Waals surface area contributed by atoms with Gasteiger partial charge in [0.05, 0.1) is 0 Å². The van der Waals surface area contributed by atoms with E-state index in [-0.39, 0.29) is 5.50 Å². The summed E-state index contributed by atoms with van der Waals surface area (Å²) in [7, 11) is 0. The predicted molar refractivity (Wildman–Crippen MR) is 60.6 cm³/mol. The fourth-order valence-corrected chi connectivity index (χ4v) is 1.93. The van der Waals surface area contributed by atoms with Gasteiger partial charge in [-0.05, 0) is 18.4 Å². The summed E-state index contributed by atoms with van der Waals surface area (Å²) in [6, 6.07) is 0. The minimum Gasteiger partial charge on any atom is -0.386 e. The van der Waals surface area contributed by atoms with Crippen LogP contribution in [0.1, 0.15) is 19.8 Å². The number of thioether (sulfide) groups is 1. The number of rotatable bonds is 6. The Kier molecular flexibility index (Phi) is 5.32. The molecule has 5 N–H and O–H groups in total. The van der Waals surface area contributed by atoms with Gasteiger partial charge >= 0.3 is 0 Å². The quantitative estimate of drug-likeness (QED) is 0.477. The molecule has 1 aliphatic rings. The van der Waals surface area contributed by atoms with E-state index in [1.54, 1.807) is 0 Å². The number of unbranched alkanes of at least 4 members (excludes halogenated alkanes) is 1. The normalized spacial score (nSPS) is 23.1. The van der Waals surface area contributed by atoms with Gasteiger partial charge in [-0.25, -0.2) is 0 Å². The minimum atomic E-state index is -0.465. The smallest absolute Gasteiger partial charge is 0.127 e. The summed E-state index contributed by atoms with van der Waals surface area (Å²) < 4.78 is 0. The Labute approximate surface area is 89.3 Å². The highest BCUT2D eigenvalue weighted by Gasteiger charge is 2.18. The van der Waals surface area contributed by atoms with Gasteiger partial charge in [0.15, 0.2) is 0 Å². The Morgan fingerprint density at radius 3 is 3.14 bits per heavy atom. The van der Waals surface area contributed by atoms with E-state index in [9.17, 15) is 5.11 Å². The second kappa shape index (κ2) is 6.29. The molecular weight excluding hydrogens is 198 g/mol. The van der Waals surface area contributed by atoms with Crippen LogP contribution in [0.25, 0.3) is 0 Å². The molecule has 82 valence electrons. The van der Waals surface area contributed by atoms with Crippen LogP contribution in [-0.4, -0.2) is 29.8 Å². The van der Waals surface area contributed by atoms with Crippen LogP contribution in [0.5, 0.6) is 0 Å². The topological polar surface area (TPSA) is 70.3 Å². The number of aliphatic hydroxyl groups excluding tert-OH is 1. The zero-order valence-corrected chi connectivity index (χ0v) is 9.31. The van der Waals surface area contributed by atoms with Crippen molar-refractivity contribution >= 4 is 11.8 Å². The molecule has 2 unspecified atom stereocenters. The molecule has 1 aliphatic heterocycles. The van der Waals surface area contributed by atoms with Gasteiger partial charge < -0.3 is 21.5 Å². The fourth-order valence-electron chi connectivity index (χ4n) is 1.20. The molecule has 0 radical (unpaired) electrons. The molecule has 5 heteroatoms. The number of nitrogens with two attached hydrogens (primary N) is 1. The van der Waals surface area contributed by atoms with Gasteiger partial charge in [0.1, 0.15) is 11.6 Å². The highest BCUT2D eigenvalue weighted by molar-refractivity contribution is 8.02. The lowest BCUT2D eigenvalue weighted by Gasteiger charge is -2.14. The SMILES string of the molecule is CCCCNCC(O)C1=CSC(N)N1. The Balaban J connectivity index is 2.12. The van der Waals surface area contributed by atoms with Gasteiger partial charge in [0.2, 0.25) is 0 Å². The lowest BCUT2D eigenvalue weighted by molar-refractivity contribution is 0.199. The minimum absolute atomic E-state index is 0.102. The lowest BCUT2D eigenvalue weighted by atomic mass is 10.2. The van der Waals surface area contributed by atoms with Gasteiger partial charge in [-0.2, -0.15) is 0 Å². The average Bonchev–Trinajstić information content (AvgIpc) is 2.59. The summed E-state index contributed by atoms with van der Waals surface area (Å²) >= 11 is 1.49. The molecule has 0 aromatic rings. The maximum Gasteiger partial charge on any atom is 0.127 e. The number of hydrogen-bond acceptors (Lipinski definition) is 5. The maximum absolute atomic E-state index is 9.70. The van der Waals surface area contributed by atoms with Crippen LogP contribution in [-0.2, 0) is 0 Å². The van der Waals surface area contributed by atoms with E-state index in [1.165, 1.54) is 18.2 Å². The van der Waals surface area contributed by atoms with Crippen LogP contribution >= 0.6 is 11.8 Å². The van der Waals surface area contributed by atoms with Crippen molar-refractivity contribution in [3.63, 3.8) is 0 Å². The third-order valence-corrected chi connectivity index (χ3v) is 2.86. The average molecular weight is 217 g/mol. The molecule has 0 spiro atoms. The van der Waals surface area contributed by atoms with Gasteiger partial charge in [-0.1, -0.05) is 25.1 Å². The molecule has 0 aromatic heterocycles. The summed E-state index contributed by atoms with van der Waals surface area (Å²) in [5, 5.41) is 17.8. The molecule has 4 nitrogen and oxygen atoms in total. The molecule has 14 heavy (non-hydrogen) atoms. The van der Waals surface area contributed by atoms with E-state index >= 15 is 0 Å². The van der Waals surface area contributed by atoms with Crippen LogP contribution in [0.15, 0.2) is 11.1 Å². The van der Waals surface area contributed by atoms with E-state index in [0.29, 0.717) is 6.54 Å². The standard InChI is InChI=1S/C9H19N3OS/c1-2-3-4-11-5-8(13)7-6-14-9(10)12-7/h6,8-9,11-13H,2-5,10H2,1H3. The predicted octanol–water partition coefficient (Wildman–Crippen LogP) is 0.157. The molecule has 0 amide bonds. The Bertz CT molecular complexity index is 198. The first kappa shape index (κ1) is 11.8. The summed E-state index contributed by atoms with van der Waals surface area (Å²) in [6.07, 6.45) is 1.85. The molecule has 0 bridgehead atoms. The van der Waals surface area contributed by atoms with E-state index in [1.807, 2.05) is 5.41 Å².